The van der Waals surface area contributed by atoms with Crippen molar-refractivity contribution < 1.29 is 24.1 Å². The molecule has 0 unspecified atom stereocenters. The summed E-state index contributed by atoms with van der Waals surface area (Å²) >= 11 is 0. The van der Waals surface area contributed by atoms with Crippen LogP contribution in [0.2, 0.25) is 0 Å². The van der Waals surface area contributed by atoms with Gasteiger partial charge in [0.2, 0.25) is 5.75 Å². The molecule has 0 atom stereocenters. The molecule has 7 nitrogen and oxygen atoms in total. The number of hydrazone groups is 1. The van der Waals surface area contributed by atoms with Crippen LogP contribution in [0.3, 0.4) is 0 Å². The number of benzene rings is 3. The normalized spacial score (nSPS) is 10.6. The van der Waals surface area contributed by atoms with E-state index in [9.17, 15) is 9.90 Å². The average Bonchev–Trinajstić information content (AvgIpc) is 2.78. The van der Waals surface area contributed by atoms with Crippen molar-refractivity contribution in [1.82, 2.24) is 0 Å². The van der Waals surface area contributed by atoms with Gasteiger partial charge in [0, 0.05) is 5.56 Å². The van der Waals surface area contributed by atoms with Gasteiger partial charge in [-0.15, -0.1) is 0 Å². The molecule has 0 aliphatic rings. The zero-order valence-corrected chi connectivity index (χ0v) is 16.7. The molecule has 0 fully saturated rings. The zero-order chi connectivity index (χ0) is 21.3. The highest BCUT2D eigenvalue weighted by atomic mass is 16.5. The number of carboxylic acids is 1. The predicted molar refractivity (Wildman–Crippen MR) is 115 cm³/mol. The van der Waals surface area contributed by atoms with Crippen molar-refractivity contribution in [2.45, 2.75) is 6.61 Å². The molecule has 0 aliphatic heterocycles. The smallest absolute Gasteiger partial charge is 0.337 e. The number of carboxylic acid groups (broad SMARTS) is 1. The van der Waals surface area contributed by atoms with Crippen LogP contribution in [0.15, 0.2) is 71.8 Å². The van der Waals surface area contributed by atoms with Gasteiger partial charge in [-0.2, -0.15) is 5.10 Å². The van der Waals surface area contributed by atoms with Crippen molar-refractivity contribution in [3.63, 3.8) is 0 Å². The summed E-state index contributed by atoms with van der Waals surface area (Å²) in [5.74, 6) is 0.456. The number of anilines is 1. The van der Waals surface area contributed by atoms with E-state index in [1.165, 1.54) is 6.07 Å². The Hall–Kier alpha value is -4.00. The quantitative estimate of drug-likeness (QED) is 0.404. The first kappa shape index (κ1) is 20.7. The zero-order valence-electron chi connectivity index (χ0n) is 16.7. The Balaban J connectivity index is 1.79. The minimum atomic E-state index is -1.03. The fourth-order valence-corrected chi connectivity index (χ4v) is 2.79. The van der Waals surface area contributed by atoms with Crippen LogP contribution in [0.5, 0.6) is 17.2 Å². The lowest BCUT2D eigenvalue weighted by Gasteiger charge is -2.15. The SMILES string of the molecule is COc1cc(C=NNc2ccccc2C(=O)O)cc(OC)c1OCc1ccccc1. The predicted octanol–water partition coefficient (Wildman–Crippen LogP) is 4.43. The molecular weight excluding hydrogens is 384 g/mol. The number of hydrogen-bond acceptors (Lipinski definition) is 6. The largest absolute Gasteiger partial charge is 0.493 e. The van der Waals surface area contributed by atoms with Gasteiger partial charge in [-0.3, -0.25) is 5.43 Å². The third-order valence-electron chi connectivity index (χ3n) is 4.27. The summed E-state index contributed by atoms with van der Waals surface area (Å²) in [4.78, 5) is 11.3. The molecular formula is C23H22N2O5. The van der Waals surface area contributed by atoms with Gasteiger partial charge in [0.1, 0.15) is 6.61 Å². The molecule has 0 spiro atoms. The van der Waals surface area contributed by atoms with Gasteiger partial charge in [-0.05, 0) is 29.8 Å². The third-order valence-corrected chi connectivity index (χ3v) is 4.27. The molecule has 0 saturated carbocycles. The Kier molecular flexibility index (Phi) is 6.89. The maximum Gasteiger partial charge on any atom is 0.337 e. The first-order valence-corrected chi connectivity index (χ1v) is 9.16. The van der Waals surface area contributed by atoms with Gasteiger partial charge in [0.15, 0.2) is 11.5 Å². The monoisotopic (exact) mass is 406 g/mol. The van der Waals surface area contributed by atoms with Crippen LogP contribution in [-0.2, 0) is 6.61 Å². The van der Waals surface area contributed by atoms with E-state index < -0.39 is 5.97 Å². The number of ether oxygens (including phenoxy) is 3. The molecule has 2 N–H and O–H groups in total. The van der Waals surface area contributed by atoms with E-state index in [0.717, 1.165) is 5.56 Å². The Morgan fingerprint density at radius 1 is 1.00 bits per heavy atom. The Morgan fingerprint density at radius 2 is 1.63 bits per heavy atom. The standard InChI is InChI=1S/C23H22N2O5/c1-28-20-12-17(14-24-25-19-11-7-6-10-18(19)23(26)27)13-21(29-2)22(20)30-15-16-8-4-3-5-9-16/h3-14,25H,15H2,1-2H3,(H,26,27). The minimum Gasteiger partial charge on any atom is -0.493 e. The van der Waals surface area contributed by atoms with Crippen molar-refractivity contribution in [3.05, 3.63) is 83.4 Å². The highest BCUT2D eigenvalue weighted by molar-refractivity contribution is 5.94. The number of carbonyl (C=O) groups is 1. The van der Waals surface area contributed by atoms with Crippen LogP contribution in [0, 0.1) is 0 Å². The Labute approximate surface area is 174 Å². The molecule has 0 heterocycles. The molecule has 0 bridgehead atoms. The highest BCUT2D eigenvalue weighted by Gasteiger charge is 2.14. The van der Waals surface area contributed by atoms with E-state index in [4.69, 9.17) is 14.2 Å². The molecule has 0 amide bonds. The maximum atomic E-state index is 11.3. The minimum absolute atomic E-state index is 0.134. The molecule has 3 rings (SSSR count). The first-order chi connectivity index (χ1) is 14.6. The fraction of sp³-hybridized carbons (Fsp3) is 0.130. The molecule has 0 aliphatic carbocycles. The summed E-state index contributed by atoms with van der Waals surface area (Å²) in [6.45, 7) is 0.370. The van der Waals surface area contributed by atoms with E-state index in [2.05, 4.69) is 10.5 Å². The first-order valence-electron chi connectivity index (χ1n) is 9.16. The molecule has 0 radical (unpaired) electrons. The summed E-state index contributed by atoms with van der Waals surface area (Å²) < 4.78 is 16.9. The van der Waals surface area contributed by atoms with Crippen LogP contribution >= 0.6 is 0 Å². The lowest BCUT2D eigenvalue weighted by atomic mass is 10.2. The van der Waals surface area contributed by atoms with Gasteiger partial charge in [0.25, 0.3) is 0 Å². The van der Waals surface area contributed by atoms with Crippen molar-refractivity contribution in [2.75, 3.05) is 19.6 Å². The van der Waals surface area contributed by atoms with Crippen LogP contribution in [0.1, 0.15) is 21.5 Å². The van der Waals surface area contributed by atoms with Gasteiger partial charge in [0.05, 0.1) is 31.7 Å². The van der Waals surface area contributed by atoms with Crippen molar-refractivity contribution in [3.8, 4) is 17.2 Å². The number of nitrogens with one attached hydrogen (secondary N) is 1. The van der Waals surface area contributed by atoms with Gasteiger partial charge < -0.3 is 19.3 Å². The van der Waals surface area contributed by atoms with Crippen LogP contribution in [-0.4, -0.2) is 31.5 Å². The fourth-order valence-electron chi connectivity index (χ4n) is 2.79. The van der Waals surface area contributed by atoms with Crippen molar-refractivity contribution in [2.24, 2.45) is 5.10 Å². The number of para-hydroxylation sites is 1. The van der Waals surface area contributed by atoms with Crippen molar-refractivity contribution >= 4 is 17.9 Å². The average molecular weight is 406 g/mol. The van der Waals surface area contributed by atoms with E-state index >= 15 is 0 Å². The van der Waals surface area contributed by atoms with Crippen LogP contribution in [0.25, 0.3) is 0 Å². The number of hydrogen-bond donors (Lipinski definition) is 2. The molecule has 30 heavy (non-hydrogen) atoms. The Morgan fingerprint density at radius 3 is 2.27 bits per heavy atom. The van der Waals surface area contributed by atoms with Crippen LogP contribution in [0.4, 0.5) is 5.69 Å². The number of nitrogens with zero attached hydrogens (tertiary/aromatic N) is 1. The van der Waals surface area contributed by atoms with Gasteiger partial charge >= 0.3 is 5.97 Å². The second-order valence-electron chi connectivity index (χ2n) is 6.25. The van der Waals surface area contributed by atoms with E-state index in [0.29, 0.717) is 35.1 Å². The maximum absolute atomic E-state index is 11.3. The third kappa shape index (κ3) is 5.08. The molecule has 154 valence electrons. The number of aromatic carboxylic acids is 1. The topological polar surface area (TPSA) is 89.4 Å². The number of rotatable bonds is 9. The van der Waals surface area contributed by atoms with E-state index in [1.807, 2.05) is 30.3 Å². The second kappa shape index (κ2) is 9.97. The van der Waals surface area contributed by atoms with Gasteiger partial charge in [-0.1, -0.05) is 42.5 Å². The summed E-state index contributed by atoms with van der Waals surface area (Å²) in [6, 6.07) is 19.8. The highest BCUT2D eigenvalue weighted by Crippen LogP contribution is 2.38. The van der Waals surface area contributed by atoms with E-state index in [-0.39, 0.29) is 5.56 Å². The second-order valence-corrected chi connectivity index (χ2v) is 6.25. The summed E-state index contributed by atoms with van der Waals surface area (Å²) in [5.41, 5.74) is 4.99. The van der Waals surface area contributed by atoms with Gasteiger partial charge in [-0.25, -0.2) is 4.79 Å². The van der Waals surface area contributed by atoms with E-state index in [1.54, 1.807) is 50.8 Å². The summed E-state index contributed by atoms with van der Waals surface area (Å²) in [7, 11) is 3.10. The molecule has 7 heteroatoms. The Bertz CT molecular complexity index is 1010. The number of methoxy groups -OCH3 is 2. The summed E-state index contributed by atoms with van der Waals surface area (Å²) in [6.07, 6.45) is 1.55. The molecule has 0 saturated heterocycles. The molecule has 0 aromatic heterocycles. The van der Waals surface area contributed by atoms with Crippen LogP contribution < -0.4 is 19.6 Å². The lowest BCUT2D eigenvalue weighted by Crippen LogP contribution is -2.03. The van der Waals surface area contributed by atoms with Crippen molar-refractivity contribution in [1.29, 1.82) is 0 Å². The lowest BCUT2D eigenvalue weighted by molar-refractivity contribution is 0.0698. The summed E-state index contributed by atoms with van der Waals surface area (Å²) in [5, 5.41) is 13.4. The molecule has 3 aromatic rings. The molecule has 3 aromatic carbocycles.